The van der Waals surface area contributed by atoms with Gasteiger partial charge in [0, 0.05) is 32.0 Å². The third-order valence-corrected chi connectivity index (χ3v) is 9.68. The molecule has 4 aromatic rings. The molecule has 12 heteroatoms. The maximum Gasteiger partial charge on any atom is 0.410 e. The van der Waals surface area contributed by atoms with Gasteiger partial charge in [0.1, 0.15) is 41.3 Å². The number of carbonyl (C=O) groups excluding carboxylic acids is 2. The van der Waals surface area contributed by atoms with Crippen LogP contribution in [0.15, 0.2) is 36.5 Å². The Kier molecular flexibility index (Phi) is 8.54. The fourth-order valence-electron chi connectivity index (χ4n) is 7.04. The number of hydrogen-bond acceptors (Lipinski definition) is 10. The molecule has 2 unspecified atom stereocenters. The number of anilines is 1. The molecule has 3 fully saturated rings. The molecule has 0 spiro atoms. The lowest BCUT2D eigenvalue weighted by Gasteiger charge is -2.42. The Morgan fingerprint density at radius 1 is 1.10 bits per heavy atom. The summed E-state index contributed by atoms with van der Waals surface area (Å²) in [5.41, 5.74) is 0.636. The molecular weight excluding hydrogens is 629 g/mol. The molecule has 3 aliphatic rings. The van der Waals surface area contributed by atoms with E-state index in [4.69, 9.17) is 28.9 Å². The van der Waals surface area contributed by atoms with Crippen molar-refractivity contribution in [3.8, 4) is 23.0 Å². The second kappa shape index (κ2) is 12.7. The summed E-state index contributed by atoms with van der Waals surface area (Å²) in [5, 5.41) is 2.20. The minimum absolute atomic E-state index is 0.00937. The average Bonchev–Trinajstić information content (AvgIpc) is 3.82. The van der Waals surface area contributed by atoms with Gasteiger partial charge in [0.25, 0.3) is 0 Å². The highest BCUT2D eigenvalue weighted by Gasteiger charge is 2.46. The van der Waals surface area contributed by atoms with Crippen LogP contribution in [0.5, 0.6) is 11.8 Å². The standard InChI is InChI=1S/C37H42FN5O6/c1-6-22-8-7-9-23-14-26(48-21-46-5)15-27(29(22)23)31-30(38)32-28(16-39-31)33(41-34(40-32)47-20-37(19-44)12-13-37)42-17-24-10-11-25(18-42)43(24)35(45)49-36(2,3)4/h7-9,14-16,19,24-25H,6,10-13,17-18,20-21H2,1-5H3. The maximum atomic E-state index is 17.1. The van der Waals surface area contributed by atoms with Crippen LogP contribution < -0.4 is 14.4 Å². The molecule has 0 radical (unpaired) electrons. The minimum atomic E-state index is -0.617. The van der Waals surface area contributed by atoms with Crippen molar-refractivity contribution in [2.45, 2.75) is 77.5 Å². The second-order valence-corrected chi connectivity index (χ2v) is 14.3. The van der Waals surface area contributed by atoms with Gasteiger partial charge in [0.15, 0.2) is 12.6 Å². The van der Waals surface area contributed by atoms with Crippen LogP contribution in [0.25, 0.3) is 32.9 Å². The number of hydrogen-bond donors (Lipinski definition) is 0. The second-order valence-electron chi connectivity index (χ2n) is 14.3. The van der Waals surface area contributed by atoms with Gasteiger partial charge >= 0.3 is 12.1 Å². The van der Waals surface area contributed by atoms with E-state index in [1.807, 2.05) is 49.9 Å². The number of nitrogens with zero attached hydrogens (tertiary/aromatic N) is 5. The van der Waals surface area contributed by atoms with Crippen LogP contribution in [0.2, 0.25) is 0 Å². The van der Waals surface area contributed by atoms with Gasteiger partial charge in [-0.3, -0.25) is 9.88 Å². The molecule has 2 atom stereocenters. The Labute approximate surface area is 284 Å². The van der Waals surface area contributed by atoms with E-state index >= 15 is 4.39 Å². The van der Waals surface area contributed by atoms with Crippen LogP contribution in [0.4, 0.5) is 15.0 Å². The van der Waals surface area contributed by atoms with Crippen molar-refractivity contribution >= 4 is 39.9 Å². The lowest BCUT2D eigenvalue weighted by Crippen LogP contribution is -2.57. The highest BCUT2D eigenvalue weighted by molar-refractivity contribution is 6.01. The fraction of sp³-hybridized carbons (Fsp3) is 0.486. The Bertz CT molecular complexity index is 1910. The van der Waals surface area contributed by atoms with Crippen LogP contribution in [0.1, 0.15) is 58.9 Å². The summed E-state index contributed by atoms with van der Waals surface area (Å²) in [6.07, 6.45) is 6.03. The molecule has 2 aromatic heterocycles. The first-order valence-electron chi connectivity index (χ1n) is 16.9. The largest absolute Gasteiger partial charge is 0.468 e. The molecule has 2 saturated heterocycles. The van der Waals surface area contributed by atoms with Crippen LogP contribution in [-0.2, 0) is 20.7 Å². The number of carbonyl (C=O) groups is 2. The molecule has 1 amide bonds. The van der Waals surface area contributed by atoms with E-state index in [1.165, 1.54) is 0 Å². The van der Waals surface area contributed by atoms with E-state index in [-0.39, 0.29) is 48.8 Å². The van der Waals surface area contributed by atoms with Gasteiger partial charge < -0.3 is 28.6 Å². The highest BCUT2D eigenvalue weighted by atomic mass is 19.1. The normalized spacial score (nSPS) is 19.7. The van der Waals surface area contributed by atoms with Crippen molar-refractivity contribution in [1.29, 1.82) is 0 Å². The van der Waals surface area contributed by atoms with Gasteiger partial charge in [-0.1, -0.05) is 25.1 Å². The van der Waals surface area contributed by atoms with Gasteiger partial charge in [-0.15, -0.1) is 0 Å². The smallest absolute Gasteiger partial charge is 0.410 e. The summed E-state index contributed by atoms with van der Waals surface area (Å²) in [7, 11) is 1.54. The van der Waals surface area contributed by atoms with Gasteiger partial charge in [0.05, 0.1) is 22.9 Å². The van der Waals surface area contributed by atoms with Crippen molar-refractivity contribution < 1.29 is 32.9 Å². The predicted molar refractivity (Wildman–Crippen MR) is 182 cm³/mol. The zero-order valence-corrected chi connectivity index (χ0v) is 28.6. The number of aldehydes is 1. The SMILES string of the molecule is CCc1cccc2cc(OCOC)cc(-c3ncc4c(N5CC6CCC(C5)N6C(=O)OC(C)(C)C)nc(OCC5(C=O)CC5)nc4c3F)c12. The number of aryl methyl sites for hydroxylation is 1. The van der Waals surface area contributed by atoms with Crippen LogP contribution in [-0.4, -0.2) is 83.5 Å². The Balaban J connectivity index is 1.33. The summed E-state index contributed by atoms with van der Waals surface area (Å²) in [5.74, 6) is 0.383. The lowest BCUT2D eigenvalue weighted by molar-refractivity contribution is -0.113. The van der Waals surface area contributed by atoms with E-state index in [0.717, 1.165) is 54.7 Å². The number of aromatic nitrogens is 3. The summed E-state index contributed by atoms with van der Waals surface area (Å²) < 4.78 is 39.8. The van der Waals surface area contributed by atoms with Crippen molar-refractivity contribution in [2.75, 3.05) is 38.5 Å². The van der Waals surface area contributed by atoms with Crippen molar-refractivity contribution in [3.05, 3.63) is 47.9 Å². The average molecular weight is 672 g/mol. The summed E-state index contributed by atoms with van der Waals surface area (Å²) in [6.45, 7) is 8.74. The van der Waals surface area contributed by atoms with Gasteiger partial charge in [0.2, 0.25) is 0 Å². The van der Waals surface area contributed by atoms with Crippen molar-refractivity contribution in [3.63, 3.8) is 0 Å². The summed E-state index contributed by atoms with van der Waals surface area (Å²) in [4.78, 5) is 42.9. The van der Waals surface area contributed by atoms with Crippen LogP contribution >= 0.6 is 0 Å². The van der Waals surface area contributed by atoms with Crippen molar-refractivity contribution in [1.82, 2.24) is 19.9 Å². The van der Waals surface area contributed by atoms with Crippen LogP contribution in [0, 0.1) is 11.2 Å². The number of pyridine rings is 1. The number of fused-ring (bicyclic) bond motifs is 4. The number of methoxy groups -OCH3 is 1. The molecule has 2 aromatic carbocycles. The highest BCUT2D eigenvalue weighted by Crippen LogP contribution is 2.44. The third kappa shape index (κ3) is 6.34. The van der Waals surface area contributed by atoms with E-state index in [1.54, 1.807) is 19.4 Å². The molecule has 1 aliphatic carbocycles. The molecule has 4 heterocycles. The first-order valence-corrected chi connectivity index (χ1v) is 16.9. The summed E-state index contributed by atoms with van der Waals surface area (Å²) in [6, 6.07) is 9.45. The molecule has 0 N–H and O–H groups in total. The third-order valence-electron chi connectivity index (χ3n) is 9.68. The zero-order valence-electron chi connectivity index (χ0n) is 28.6. The first-order chi connectivity index (χ1) is 23.5. The van der Waals surface area contributed by atoms with Crippen molar-refractivity contribution in [2.24, 2.45) is 5.41 Å². The van der Waals surface area contributed by atoms with E-state index in [9.17, 15) is 9.59 Å². The molecular formula is C37H42FN5O6. The number of benzene rings is 2. The molecule has 1 saturated carbocycles. The fourth-order valence-corrected chi connectivity index (χ4v) is 7.04. The minimum Gasteiger partial charge on any atom is -0.468 e. The number of piperazine rings is 1. The molecule has 7 rings (SSSR count). The predicted octanol–water partition coefficient (Wildman–Crippen LogP) is 6.48. The Hall–Kier alpha value is -4.58. The van der Waals surface area contributed by atoms with Gasteiger partial charge in [-0.25, -0.2) is 9.18 Å². The van der Waals surface area contributed by atoms with Crippen LogP contribution in [0.3, 0.4) is 0 Å². The first kappa shape index (κ1) is 32.9. The lowest BCUT2D eigenvalue weighted by atomic mass is 9.95. The maximum absolute atomic E-state index is 17.1. The van der Waals surface area contributed by atoms with E-state index in [2.05, 4.69) is 16.8 Å². The van der Waals surface area contributed by atoms with Gasteiger partial charge in [-0.05, 0) is 81.3 Å². The molecule has 2 bridgehead atoms. The van der Waals surface area contributed by atoms with E-state index < -0.39 is 16.8 Å². The zero-order chi connectivity index (χ0) is 34.5. The number of halogens is 1. The molecule has 258 valence electrons. The Morgan fingerprint density at radius 2 is 1.86 bits per heavy atom. The molecule has 49 heavy (non-hydrogen) atoms. The quantitative estimate of drug-likeness (QED) is 0.137. The Morgan fingerprint density at radius 3 is 2.51 bits per heavy atom. The molecule has 11 nitrogen and oxygen atoms in total. The van der Waals surface area contributed by atoms with Gasteiger partial charge in [-0.2, -0.15) is 9.97 Å². The van der Waals surface area contributed by atoms with E-state index in [0.29, 0.717) is 35.6 Å². The summed E-state index contributed by atoms with van der Waals surface area (Å²) >= 11 is 0. The number of rotatable bonds is 10. The molecule has 2 aliphatic heterocycles. The topological polar surface area (TPSA) is 116 Å². The number of ether oxygens (including phenoxy) is 4. The number of amides is 1. The monoisotopic (exact) mass is 671 g/mol.